The maximum Gasteiger partial charge on any atom is 0.317 e. The number of hydrogen-bond acceptors (Lipinski definition) is 5. The van der Waals surface area contributed by atoms with Crippen LogP contribution in [-0.4, -0.2) is 68.0 Å². The van der Waals surface area contributed by atoms with Crippen LogP contribution in [0.2, 0.25) is 0 Å². The third kappa shape index (κ3) is 5.91. The Labute approximate surface area is 199 Å². The van der Waals surface area contributed by atoms with Gasteiger partial charge in [0.15, 0.2) is 0 Å². The van der Waals surface area contributed by atoms with Crippen molar-refractivity contribution in [3.63, 3.8) is 0 Å². The first-order valence-corrected chi connectivity index (χ1v) is 11.3. The molecule has 0 aromatic heterocycles. The lowest BCUT2D eigenvalue weighted by Crippen LogP contribution is -2.47. The minimum atomic E-state index is -0.499. The molecule has 8 nitrogen and oxygen atoms in total. The van der Waals surface area contributed by atoms with Crippen LogP contribution in [0.5, 0.6) is 5.75 Å². The van der Waals surface area contributed by atoms with E-state index < -0.39 is 11.9 Å². The monoisotopic (exact) mass is 470 g/mol. The molecule has 2 aromatic rings. The molecule has 0 fully saturated rings. The van der Waals surface area contributed by atoms with Gasteiger partial charge in [-0.3, -0.25) is 4.79 Å². The second kappa shape index (κ2) is 12.1. The maximum atomic E-state index is 14.5. The number of amides is 3. The van der Waals surface area contributed by atoms with Crippen molar-refractivity contribution in [1.82, 2.24) is 15.2 Å². The largest absolute Gasteiger partial charge is 0.496 e. The Kier molecular flexibility index (Phi) is 8.98. The Hall–Kier alpha value is -3.46. The normalized spacial score (nSPS) is 15.1. The van der Waals surface area contributed by atoms with Gasteiger partial charge in [0.2, 0.25) is 0 Å². The average molecular weight is 471 g/mol. The number of hydrogen-bond donors (Lipinski definition) is 1. The van der Waals surface area contributed by atoms with Gasteiger partial charge in [-0.25, -0.2) is 14.2 Å². The molecule has 3 rings (SSSR count). The molecule has 0 saturated carbocycles. The number of hydrazone groups is 1. The molecule has 1 aliphatic rings. The van der Waals surface area contributed by atoms with E-state index in [1.54, 1.807) is 25.3 Å². The summed E-state index contributed by atoms with van der Waals surface area (Å²) in [5.41, 5.74) is 1.56. The number of benzene rings is 2. The fraction of sp³-hybridized carbons (Fsp3) is 0.400. The second-order valence-electron chi connectivity index (χ2n) is 7.87. The Morgan fingerprint density at radius 3 is 2.62 bits per heavy atom. The zero-order valence-corrected chi connectivity index (χ0v) is 19.8. The first-order valence-electron chi connectivity index (χ1n) is 11.3. The fourth-order valence-corrected chi connectivity index (χ4v) is 3.82. The first-order chi connectivity index (χ1) is 16.5. The summed E-state index contributed by atoms with van der Waals surface area (Å²) in [6.07, 6.45) is 1.09. The fourth-order valence-electron chi connectivity index (χ4n) is 3.82. The van der Waals surface area contributed by atoms with Crippen molar-refractivity contribution in [3.8, 4) is 5.75 Å². The number of ether oxygens (including phenoxy) is 2. The van der Waals surface area contributed by atoms with Crippen LogP contribution in [-0.2, 0) is 9.53 Å². The molecule has 0 unspecified atom stereocenters. The van der Waals surface area contributed by atoms with Crippen molar-refractivity contribution < 1.29 is 23.5 Å². The molecule has 1 heterocycles. The molecule has 0 spiro atoms. The summed E-state index contributed by atoms with van der Waals surface area (Å²) >= 11 is 0. The summed E-state index contributed by atoms with van der Waals surface area (Å²) in [7, 11) is 3.09. The summed E-state index contributed by atoms with van der Waals surface area (Å²) in [5.74, 6) is -0.188. The first kappa shape index (κ1) is 25.2. The number of rotatable bonds is 10. The van der Waals surface area contributed by atoms with Gasteiger partial charge in [0.25, 0.3) is 5.91 Å². The van der Waals surface area contributed by atoms with Gasteiger partial charge in [-0.1, -0.05) is 43.3 Å². The van der Waals surface area contributed by atoms with E-state index in [-0.39, 0.29) is 31.6 Å². The number of halogens is 1. The van der Waals surface area contributed by atoms with Crippen molar-refractivity contribution in [2.24, 2.45) is 5.10 Å². The molecular weight excluding hydrogens is 439 g/mol. The van der Waals surface area contributed by atoms with Crippen LogP contribution < -0.4 is 10.1 Å². The van der Waals surface area contributed by atoms with Crippen LogP contribution in [0.3, 0.4) is 0 Å². The predicted molar refractivity (Wildman–Crippen MR) is 127 cm³/mol. The van der Waals surface area contributed by atoms with Crippen molar-refractivity contribution in [2.75, 3.05) is 40.5 Å². The smallest absolute Gasteiger partial charge is 0.317 e. The molecule has 0 saturated heterocycles. The van der Waals surface area contributed by atoms with Crippen LogP contribution in [0.15, 0.2) is 53.6 Å². The molecule has 34 heavy (non-hydrogen) atoms. The highest BCUT2D eigenvalue weighted by molar-refractivity contribution is 6.03. The van der Waals surface area contributed by atoms with Gasteiger partial charge in [-0.2, -0.15) is 5.10 Å². The SMILES string of the molecule is CCCNC(=O)N(CCOC)CC(=O)N1N=C(c2ccccc2F)C[C@H]1c1ccccc1OC. The summed E-state index contributed by atoms with van der Waals surface area (Å²) in [4.78, 5) is 27.5. The van der Waals surface area contributed by atoms with Crippen LogP contribution in [0, 0.1) is 5.82 Å². The van der Waals surface area contributed by atoms with E-state index in [9.17, 15) is 14.0 Å². The van der Waals surface area contributed by atoms with E-state index in [0.717, 1.165) is 12.0 Å². The van der Waals surface area contributed by atoms with Gasteiger partial charge in [0.05, 0.1) is 25.5 Å². The van der Waals surface area contributed by atoms with Crippen molar-refractivity contribution in [3.05, 3.63) is 65.5 Å². The van der Waals surface area contributed by atoms with E-state index in [0.29, 0.717) is 30.0 Å². The number of para-hydroxylation sites is 1. The Bertz CT molecular complexity index is 1030. The molecule has 2 aromatic carbocycles. The van der Waals surface area contributed by atoms with E-state index in [1.807, 2.05) is 31.2 Å². The minimum absolute atomic E-state index is 0.196. The Morgan fingerprint density at radius 2 is 1.91 bits per heavy atom. The lowest BCUT2D eigenvalue weighted by molar-refractivity contribution is -0.133. The zero-order valence-electron chi connectivity index (χ0n) is 19.8. The van der Waals surface area contributed by atoms with E-state index in [4.69, 9.17) is 9.47 Å². The standard InChI is InChI=1S/C25H31FN4O4/c1-4-13-27-25(32)29(14-15-33-2)17-24(31)30-22(19-10-6-8-12-23(19)34-3)16-21(28-30)18-9-5-7-11-20(18)26/h5-12,22H,4,13-17H2,1-3H3,(H,27,32)/t22-/m0/s1. The molecule has 1 N–H and O–H groups in total. The third-order valence-electron chi connectivity index (χ3n) is 5.55. The molecule has 182 valence electrons. The molecule has 0 bridgehead atoms. The molecule has 0 radical (unpaired) electrons. The highest BCUT2D eigenvalue weighted by Crippen LogP contribution is 2.37. The van der Waals surface area contributed by atoms with Crippen molar-refractivity contribution >= 4 is 17.6 Å². The van der Waals surface area contributed by atoms with Gasteiger partial charge >= 0.3 is 6.03 Å². The number of carbonyl (C=O) groups is 2. The topological polar surface area (TPSA) is 83.5 Å². The number of urea groups is 1. The van der Waals surface area contributed by atoms with Gasteiger partial charge in [0.1, 0.15) is 18.1 Å². The number of nitrogens with one attached hydrogen (secondary N) is 1. The number of carbonyl (C=O) groups excluding carboxylic acids is 2. The molecular formula is C25H31FN4O4. The molecule has 9 heteroatoms. The summed E-state index contributed by atoms with van der Waals surface area (Å²) in [6.45, 7) is 2.78. The van der Waals surface area contributed by atoms with E-state index in [1.165, 1.54) is 23.1 Å². The number of nitrogens with zero attached hydrogens (tertiary/aromatic N) is 3. The van der Waals surface area contributed by atoms with Crippen LogP contribution in [0.4, 0.5) is 9.18 Å². The highest BCUT2D eigenvalue weighted by atomic mass is 19.1. The Morgan fingerprint density at radius 1 is 1.18 bits per heavy atom. The zero-order chi connectivity index (χ0) is 24.5. The average Bonchev–Trinajstić information content (AvgIpc) is 3.30. The van der Waals surface area contributed by atoms with Gasteiger partial charge in [-0.15, -0.1) is 0 Å². The minimum Gasteiger partial charge on any atom is -0.496 e. The van der Waals surface area contributed by atoms with Crippen LogP contribution in [0.25, 0.3) is 0 Å². The molecule has 1 atom stereocenters. The molecule has 1 aliphatic heterocycles. The molecule has 0 aliphatic carbocycles. The highest BCUT2D eigenvalue weighted by Gasteiger charge is 2.36. The van der Waals surface area contributed by atoms with Crippen LogP contribution >= 0.6 is 0 Å². The quantitative estimate of drug-likeness (QED) is 0.575. The predicted octanol–water partition coefficient (Wildman–Crippen LogP) is 3.58. The van der Waals surface area contributed by atoms with Gasteiger partial charge in [-0.05, 0) is 18.6 Å². The lowest BCUT2D eigenvalue weighted by atomic mass is 9.97. The lowest BCUT2D eigenvalue weighted by Gasteiger charge is -2.27. The van der Waals surface area contributed by atoms with Crippen molar-refractivity contribution in [1.29, 1.82) is 0 Å². The van der Waals surface area contributed by atoms with Gasteiger partial charge < -0.3 is 19.7 Å². The van der Waals surface area contributed by atoms with E-state index >= 15 is 0 Å². The maximum absolute atomic E-state index is 14.5. The summed E-state index contributed by atoms with van der Waals surface area (Å²) in [6, 6.07) is 12.9. The van der Waals surface area contributed by atoms with Crippen LogP contribution in [0.1, 0.15) is 36.9 Å². The summed E-state index contributed by atoms with van der Waals surface area (Å²) in [5, 5.41) is 8.66. The second-order valence-corrected chi connectivity index (χ2v) is 7.87. The van der Waals surface area contributed by atoms with Gasteiger partial charge in [0, 0.05) is 37.7 Å². The van der Waals surface area contributed by atoms with Crippen molar-refractivity contribution in [2.45, 2.75) is 25.8 Å². The molecule has 3 amide bonds. The number of methoxy groups -OCH3 is 2. The third-order valence-corrected chi connectivity index (χ3v) is 5.55. The summed E-state index contributed by atoms with van der Waals surface area (Å²) < 4.78 is 25.2. The van der Waals surface area contributed by atoms with E-state index in [2.05, 4.69) is 10.4 Å². The Balaban J connectivity index is 1.92.